The van der Waals surface area contributed by atoms with E-state index in [1.54, 1.807) is 12.4 Å². The van der Waals surface area contributed by atoms with Crippen molar-refractivity contribution in [2.24, 2.45) is 0 Å². The number of anilines is 2. The summed E-state index contributed by atoms with van der Waals surface area (Å²) in [6, 6.07) is 10.2. The lowest BCUT2D eigenvalue weighted by molar-refractivity contribution is 0.232. The summed E-state index contributed by atoms with van der Waals surface area (Å²) in [4.78, 5) is 8.47. The topological polar surface area (TPSA) is 59.1 Å². The number of hydrogen-bond donors (Lipinski definition) is 2. The highest BCUT2D eigenvalue weighted by molar-refractivity contribution is 5.42. The van der Waals surface area contributed by atoms with Gasteiger partial charge < -0.3 is 15.4 Å². The van der Waals surface area contributed by atoms with Crippen molar-refractivity contribution in [1.29, 1.82) is 0 Å². The summed E-state index contributed by atoms with van der Waals surface area (Å²) >= 11 is 0. The number of nitrogens with zero attached hydrogens (tertiary/aromatic N) is 2. The van der Waals surface area contributed by atoms with Gasteiger partial charge in [0, 0.05) is 18.8 Å². The van der Waals surface area contributed by atoms with Crippen LogP contribution >= 0.6 is 0 Å². The molecule has 2 aromatic rings. The van der Waals surface area contributed by atoms with Crippen molar-refractivity contribution in [1.82, 2.24) is 9.97 Å². The highest BCUT2D eigenvalue weighted by atomic mass is 16.5. The van der Waals surface area contributed by atoms with Gasteiger partial charge in [-0.2, -0.15) is 4.98 Å². The number of rotatable bonds is 8. The quantitative estimate of drug-likeness (QED) is 0.730. The molecule has 0 atom stereocenters. The van der Waals surface area contributed by atoms with Crippen LogP contribution in [-0.2, 0) is 0 Å². The van der Waals surface area contributed by atoms with Gasteiger partial charge in [-0.05, 0) is 32.4 Å². The number of ether oxygens (including phenoxy) is 1. The van der Waals surface area contributed by atoms with Crippen molar-refractivity contribution >= 4 is 11.5 Å². The van der Waals surface area contributed by atoms with Crippen LogP contribution in [0.4, 0.5) is 11.5 Å². The third-order valence-corrected chi connectivity index (χ3v) is 2.73. The first-order chi connectivity index (χ1) is 10.2. The number of nitrogens with one attached hydrogen (secondary N) is 2. The van der Waals surface area contributed by atoms with E-state index in [1.165, 1.54) is 0 Å². The summed E-state index contributed by atoms with van der Waals surface area (Å²) in [5.74, 6) is 1.30. The van der Waals surface area contributed by atoms with Crippen molar-refractivity contribution in [2.45, 2.75) is 26.4 Å². The average Bonchev–Trinajstić information content (AvgIpc) is 2.48. The fraction of sp³-hybridized carbons (Fsp3) is 0.375. The molecule has 5 heteroatoms. The zero-order valence-electron chi connectivity index (χ0n) is 12.5. The summed E-state index contributed by atoms with van der Waals surface area (Å²) in [7, 11) is 0. The van der Waals surface area contributed by atoms with E-state index in [1.807, 2.05) is 32.0 Å². The maximum absolute atomic E-state index is 5.51. The van der Waals surface area contributed by atoms with E-state index < -0.39 is 0 Å². The monoisotopic (exact) mass is 286 g/mol. The predicted octanol–water partition coefficient (Wildman–Crippen LogP) is 3.18. The first-order valence-corrected chi connectivity index (χ1v) is 7.25. The van der Waals surface area contributed by atoms with Crippen molar-refractivity contribution in [3.8, 4) is 5.88 Å². The molecule has 0 saturated carbocycles. The number of aromatic nitrogens is 2. The third kappa shape index (κ3) is 5.69. The summed E-state index contributed by atoms with van der Waals surface area (Å²) in [6.07, 6.45) is 4.43. The Morgan fingerprint density at radius 1 is 1.05 bits per heavy atom. The summed E-state index contributed by atoms with van der Waals surface area (Å²) in [5.41, 5.74) is 1.14. The second-order valence-electron chi connectivity index (χ2n) is 4.98. The van der Waals surface area contributed by atoms with Crippen LogP contribution in [0.5, 0.6) is 5.88 Å². The minimum atomic E-state index is 0.102. The van der Waals surface area contributed by atoms with E-state index in [9.17, 15) is 0 Å². The number of para-hydroxylation sites is 1. The van der Waals surface area contributed by atoms with E-state index in [0.29, 0.717) is 5.88 Å². The largest absolute Gasteiger partial charge is 0.474 e. The molecule has 0 aliphatic carbocycles. The second-order valence-corrected chi connectivity index (χ2v) is 4.98. The minimum Gasteiger partial charge on any atom is -0.474 e. The van der Waals surface area contributed by atoms with Crippen molar-refractivity contribution in [3.05, 3.63) is 42.7 Å². The van der Waals surface area contributed by atoms with Crippen LogP contribution in [0.25, 0.3) is 0 Å². The van der Waals surface area contributed by atoms with E-state index in [2.05, 4.69) is 32.7 Å². The standard InChI is InChI=1S/C16H22N4O/c1-13(2)21-16-12-17-11-15(20-16)19-10-6-9-18-14-7-4-3-5-8-14/h3-5,7-8,11-13,18H,6,9-10H2,1-2H3,(H,19,20). The molecule has 1 aromatic carbocycles. The van der Waals surface area contributed by atoms with Gasteiger partial charge in [0.1, 0.15) is 5.82 Å². The molecule has 0 amide bonds. The summed E-state index contributed by atoms with van der Waals surface area (Å²) in [6.45, 7) is 5.68. The predicted molar refractivity (Wildman–Crippen MR) is 85.8 cm³/mol. The Labute approximate surface area is 125 Å². The molecule has 0 bridgehead atoms. The third-order valence-electron chi connectivity index (χ3n) is 2.73. The smallest absolute Gasteiger partial charge is 0.234 e. The van der Waals surface area contributed by atoms with Crippen molar-refractivity contribution in [2.75, 3.05) is 23.7 Å². The van der Waals surface area contributed by atoms with E-state index in [-0.39, 0.29) is 6.10 Å². The van der Waals surface area contributed by atoms with E-state index in [0.717, 1.165) is 31.0 Å². The first-order valence-electron chi connectivity index (χ1n) is 7.25. The van der Waals surface area contributed by atoms with Crippen molar-refractivity contribution in [3.63, 3.8) is 0 Å². The fourth-order valence-corrected chi connectivity index (χ4v) is 1.83. The molecule has 0 spiro atoms. The van der Waals surface area contributed by atoms with Gasteiger partial charge in [0.15, 0.2) is 0 Å². The molecule has 5 nitrogen and oxygen atoms in total. The Morgan fingerprint density at radius 3 is 2.57 bits per heavy atom. The Morgan fingerprint density at radius 2 is 1.81 bits per heavy atom. The molecule has 0 aliphatic rings. The molecule has 112 valence electrons. The molecule has 0 fully saturated rings. The lowest BCUT2D eigenvalue weighted by atomic mass is 10.3. The van der Waals surface area contributed by atoms with Gasteiger partial charge in [0.25, 0.3) is 0 Å². The molecule has 2 N–H and O–H groups in total. The Balaban J connectivity index is 1.69. The van der Waals surface area contributed by atoms with Gasteiger partial charge in [-0.25, -0.2) is 0 Å². The molecule has 21 heavy (non-hydrogen) atoms. The summed E-state index contributed by atoms with van der Waals surface area (Å²) < 4.78 is 5.51. The van der Waals surface area contributed by atoms with Crippen molar-refractivity contribution < 1.29 is 4.74 Å². The highest BCUT2D eigenvalue weighted by Crippen LogP contribution is 2.10. The van der Waals surface area contributed by atoms with Gasteiger partial charge >= 0.3 is 0 Å². The van der Waals surface area contributed by atoms with Crippen LogP contribution in [0, 0.1) is 0 Å². The fourth-order valence-electron chi connectivity index (χ4n) is 1.83. The number of benzene rings is 1. The van der Waals surface area contributed by atoms with Gasteiger partial charge in [-0.15, -0.1) is 0 Å². The van der Waals surface area contributed by atoms with Crippen LogP contribution in [0.3, 0.4) is 0 Å². The molecule has 2 rings (SSSR count). The molecule has 1 heterocycles. The Bertz CT molecular complexity index is 531. The second kappa shape index (κ2) is 8.09. The van der Waals surface area contributed by atoms with Crippen LogP contribution < -0.4 is 15.4 Å². The lowest BCUT2D eigenvalue weighted by Gasteiger charge is -2.10. The molecular formula is C16H22N4O. The van der Waals surface area contributed by atoms with Gasteiger partial charge in [-0.1, -0.05) is 18.2 Å². The zero-order chi connectivity index (χ0) is 14.9. The summed E-state index contributed by atoms with van der Waals surface area (Å²) in [5, 5.41) is 6.62. The Hall–Kier alpha value is -2.30. The molecule has 0 saturated heterocycles. The maximum Gasteiger partial charge on any atom is 0.234 e. The van der Waals surface area contributed by atoms with Gasteiger partial charge in [-0.3, -0.25) is 4.98 Å². The number of hydrogen-bond acceptors (Lipinski definition) is 5. The zero-order valence-corrected chi connectivity index (χ0v) is 12.5. The average molecular weight is 286 g/mol. The minimum absolute atomic E-state index is 0.102. The molecule has 1 aromatic heterocycles. The maximum atomic E-state index is 5.51. The first kappa shape index (κ1) is 15.1. The van der Waals surface area contributed by atoms with Crippen LogP contribution in [0.1, 0.15) is 20.3 Å². The Kier molecular flexibility index (Phi) is 5.82. The van der Waals surface area contributed by atoms with Gasteiger partial charge in [0.05, 0.1) is 18.5 Å². The van der Waals surface area contributed by atoms with Crippen LogP contribution in [0.2, 0.25) is 0 Å². The molecular weight excluding hydrogens is 264 g/mol. The highest BCUT2D eigenvalue weighted by Gasteiger charge is 2.01. The lowest BCUT2D eigenvalue weighted by Crippen LogP contribution is -2.11. The van der Waals surface area contributed by atoms with E-state index >= 15 is 0 Å². The van der Waals surface area contributed by atoms with Crippen LogP contribution in [-0.4, -0.2) is 29.2 Å². The molecule has 0 aliphatic heterocycles. The molecule has 0 radical (unpaired) electrons. The molecule has 0 unspecified atom stereocenters. The SMILES string of the molecule is CC(C)Oc1cncc(NCCCNc2ccccc2)n1. The van der Waals surface area contributed by atoms with Crippen LogP contribution in [0.15, 0.2) is 42.7 Å². The normalized spacial score (nSPS) is 10.4. The van der Waals surface area contributed by atoms with E-state index in [4.69, 9.17) is 4.74 Å². The van der Waals surface area contributed by atoms with Gasteiger partial charge in [0.2, 0.25) is 5.88 Å².